The van der Waals surface area contributed by atoms with Crippen molar-refractivity contribution in [3.63, 3.8) is 0 Å². The van der Waals surface area contributed by atoms with Crippen molar-refractivity contribution < 1.29 is 0 Å². The Morgan fingerprint density at radius 3 is 1.69 bits per heavy atom. The first-order valence-electron chi connectivity index (χ1n) is 26.3. The molecule has 0 fully saturated rings. The summed E-state index contributed by atoms with van der Waals surface area (Å²) in [5.74, 6) is 0. The smallest absolute Gasteiger partial charge is 0.254 e. The molecule has 0 radical (unpaired) electrons. The minimum atomic E-state index is -0.0679. The maximum absolute atomic E-state index is 2.81. The monoisotopic (exact) mass is 948 g/mol. The molecule has 5 heteroatoms. The maximum atomic E-state index is 2.81. The fourth-order valence-corrected chi connectivity index (χ4v) is 14.4. The molecule has 0 saturated carbocycles. The van der Waals surface area contributed by atoms with Gasteiger partial charge < -0.3 is 14.7 Å². The molecule has 0 spiro atoms. The number of thiophene rings is 1. The molecule has 0 amide bonds. The third-order valence-electron chi connectivity index (χ3n) is 17.5. The van der Waals surface area contributed by atoms with Gasteiger partial charge in [0, 0.05) is 44.5 Å². The van der Waals surface area contributed by atoms with Crippen molar-refractivity contribution in [2.24, 2.45) is 0 Å². The number of para-hydroxylation sites is 2. The molecule has 0 saturated heterocycles. The summed E-state index contributed by atoms with van der Waals surface area (Å²) in [4.78, 5) is 7.95. The number of anilines is 9. The quantitative estimate of drug-likeness (QED) is 0.159. The molecule has 0 bridgehead atoms. The number of fused-ring (bicyclic) bond motifs is 9. The molecule has 12 rings (SSSR count). The topological polar surface area (TPSA) is 9.72 Å². The first kappa shape index (κ1) is 46.1. The van der Waals surface area contributed by atoms with E-state index in [1.165, 1.54) is 105 Å². The molecule has 7 aromatic carbocycles. The molecule has 4 aliphatic rings. The van der Waals surface area contributed by atoms with Crippen LogP contribution < -0.4 is 31.1 Å². The molecule has 71 heavy (non-hydrogen) atoms. The highest BCUT2D eigenvalue weighted by atomic mass is 32.1. The number of benzene rings is 7. The summed E-state index contributed by atoms with van der Waals surface area (Å²) in [6.07, 6.45) is 4.63. The third kappa shape index (κ3) is 7.10. The van der Waals surface area contributed by atoms with Crippen LogP contribution in [0.4, 0.5) is 50.5 Å². The van der Waals surface area contributed by atoms with Gasteiger partial charge in [0.05, 0.1) is 10.7 Å². The van der Waals surface area contributed by atoms with Crippen LogP contribution in [-0.4, -0.2) is 6.71 Å². The van der Waals surface area contributed by atoms with Crippen LogP contribution in [0.1, 0.15) is 141 Å². The Morgan fingerprint density at radius 1 is 0.521 bits per heavy atom. The summed E-state index contributed by atoms with van der Waals surface area (Å²) in [7, 11) is 0. The van der Waals surface area contributed by atoms with E-state index in [0.717, 1.165) is 36.3 Å². The number of nitrogens with zero attached hydrogens (tertiary/aromatic N) is 3. The standard InChI is InChI=1S/C66H70BN3S/c1-41-24-31-56-48(36-41)58-61(71-56)69(46-27-25-43(26-28-46)62(3,4)5)54-38-47(68(44-20-16-14-17-21-44)45-22-18-15-19-23-45)39-55-59(54)67(58)52-30-29-49-57(66(12,13)35-34-63(49,6)7)60(52)70(55)53-40-51-50(37-42(53)2)64(8,9)32-33-65(51,10)11/h14-31,36-40H,32-35H2,1-13H3. The predicted molar refractivity (Wildman–Crippen MR) is 309 cm³/mol. The summed E-state index contributed by atoms with van der Waals surface area (Å²) in [5, 5.41) is 2.68. The Bertz CT molecular complexity index is 3400. The van der Waals surface area contributed by atoms with Gasteiger partial charge in [-0.05, 0) is 182 Å². The van der Waals surface area contributed by atoms with Gasteiger partial charge in [-0.15, -0.1) is 11.3 Å². The van der Waals surface area contributed by atoms with Crippen molar-refractivity contribution in [2.45, 2.75) is 143 Å². The highest BCUT2D eigenvalue weighted by molar-refractivity contribution is 7.26. The number of rotatable bonds is 5. The molecular weight excluding hydrogens is 878 g/mol. The van der Waals surface area contributed by atoms with E-state index < -0.39 is 0 Å². The van der Waals surface area contributed by atoms with Gasteiger partial charge in [-0.25, -0.2) is 0 Å². The zero-order chi connectivity index (χ0) is 49.7. The molecule has 0 unspecified atom stereocenters. The normalized spacial score (nSPS) is 17.8. The summed E-state index contributed by atoms with van der Waals surface area (Å²) < 4.78 is 1.33. The number of aryl methyl sites for hydroxylation is 2. The SMILES string of the molecule is Cc1ccc2sc3c(c2c1)B1c2ccc4c(c2N(c2cc5c(cc2C)C(C)(C)CCC5(C)C)c2cc(N(c5ccccc5)c5ccccc5)cc(c21)N3c1ccc(C(C)(C)C)cc1)C(C)(C)CCC4(C)C. The fourth-order valence-electron chi connectivity index (χ4n) is 13.1. The molecule has 2 aliphatic heterocycles. The van der Waals surface area contributed by atoms with E-state index in [1.807, 2.05) is 11.3 Å². The minimum Gasteiger partial charge on any atom is -0.311 e. The summed E-state index contributed by atoms with van der Waals surface area (Å²) >= 11 is 1.96. The molecule has 2 aliphatic carbocycles. The van der Waals surface area contributed by atoms with Crippen LogP contribution in [-0.2, 0) is 27.1 Å². The van der Waals surface area contributed by atoms with Crippen LogP contribution in [0.2, 0.25) is 0 Å². The first-order valence-corrected chi connectivity index (χ1v) is 27.1. The molecular formula is C66H70BN3S. The Kier molecular flexibility index (Phi) is 10.2. The van der Waals surface area contributed by atoms with Crippen LogP contribution in [0, 0.1) is 13.8 Å². The lowest BCUT2D eigenvalue weighted by molar-refractivity contribution is 0.331. The van der Waals surface area contributed by atoms with Gasteiger partial charge >= 0.3 is 0 Å². The van der Waals surface area contributed by atoms with E-state index in [0.29, 0.717) is 0 Å². The lowest BCUT2D eigenvalue weighted by atomic mass is 9.33. The lowest BCUT2D eigenvalue weighted by Gasteiger charge is -2.50. The summed E-state index contributed by atoms with van der Waals surface area (Å²) in [6, 6.07) is 54.2. The second-order valence-electron chi connectivity index (χ2n) is 25.3. The minimum absolute atomic E-state index is 0.00250. The Balaban J connectivity index is 1.28. The van der Waals surface area contributed by atoms with E-state index in [-0.39, 0.29) is 33.8 Å². The highest BCUT2D eigenvalue weighted by Gasteiger charge is 2.50. The van der Waals surface area contributed by atoms with Gasteiger partial charge in [0.1, 0.15) is 0 Å². The molecule has 0 N–H and O–H groups in total. The number of hydrogen-bond acceptors (Lipinski definition) is 4. The van der Waals surface area contributed by atoms with Crippen LogP contribution in [0.25, 0.3) is 10.1 Å². The largest absolute Gasteiger partial charge is 0.311 e. The zero-order valence-electron chi connectivity index (χ0n) is 44.4. The molecule has 3 nitrogen and oxygen atoms in total. The van der Waals surface area contributed by atoms with Crippen molar-refractivity contribution in [2.75, 3.05) is 14.7 Å². The van der Waals surface area contributed by atoms with Crippen molar-refractivity contribution in [3.05, 3.63) is 178 Å². The van der Waals surface area contributed by atoms with Gasteiger partial charge in [0.25, 0.3) is 6.71 Å². The van der Waals surface area contributed by atoms with Gasteiger partial charge in [-0.3, -0.25) is 0 Å². The van der Waals surface area contributed by atoms with Crippen LogP contribution in [0.15, 0.2) is 140 Å². The fraction of sp³-hybridized carbons (Fsp3) is 0.333. The van der Waals surface area contributed by atoms with Gasteiger partial charge in [0.15, 0.2) is 0 Å². The van der Waals surface area contributed by atoms with Gasteiger partial charge in [-0.1, -0.05) is 161 Å². The van der Waals surface area contributed by atoms with E-state index in [9.17, 15) is 0 Å². The summed E-state index contributed by atoms with van der Waals surface area (Å²) in [6.45, 7) is 31.6. The number of hydrogen-bond donors (Lipinski definition) is 0. The molecule has 8 aromatic rings. The second kappa shape index (κ2) is 15.7. The van der Waals surface area contributed by atoms with Crippen molar-refractivity contribution in [1.82, 2.24) is 0 Å². The third-order valence-corrected chi connectivity index (χ3v) is 18.6. The van der Waals surface area contributed by atoms with Crippen LogP contribution in [0.3, 0.4) is 0 Å². The van der Waals surface area contributed by atoms with Crippen molar-refractivity contribution >= 4 is 95.0 Å². The molecule has 358 valence electrons. The average molecular weight is 948 g/mol. The zero-order valence-corrected chi connectivity index (χ0v) is 45.3. The van der Waals surface area contributed by atoms with Gasteiger partial charge in [-0.2, -0.15) is 0 Å². The molecule has 3 heterocycles. The van der Waals surface area contributed by atoms with E-state index in [1.54, 1.807) is 0 Å². The highest BCUT2D eigenvalue weighted by Crippen LogP contribution is 2.57. The Morgan fingerprint density at radius 2 is 1.08 bits per heavy atom. The maximum Gasteiger partial charge on any atom is 0.254 e. The van der Waals surface area contributed by atoms with Crippen LogP contribution in [0.5, 0.6) is 0 Å². The van der Waals surface area contributed by atoms with Crippen LogP contribution >= 0.6 is 11.3 Å². The van der Waals surface area contributed by atoms with E-state index in [4.69, 9.17) is 0 Å². The van der Waals surface area contributed by atoms with E-state index in [2.05, 4.69) is 244 Å². The molecule has 0 atom stereocenters. The summed E-state index contributed by atoms with van der Waals surface area (Å²) in [5.41, 5.74) is 24.1. The predicted octanol–water partition coefficient (Wildman–Crippen LogP) is 17.1. The average Bonchev–Trinajstić information content (AvgIpc) is 3.70. The van der Waals surface area contributed by atoms with E-state index >= 15 is 0 Å². The van der Waals surface area contributed by atoms with Crippen molar-refractivity contribution in [3.8, 4) is 0 Å². The molecule has 1 aromatic heterocycles. The first-order chi connectivity index (χ1) is 33.6. The van der Waals surface area contributed by atoms with Crippen molar-refractivity contribution in [1.29, 1.82) is 0 Å². The Labute approximate surface area is 428 Å². The van der Waals surface area contributed by atoms with Gasteiger partial charge in [0.2, 0.25) is 0 Å². The Hall–Kier alpha value is -6.04. The second-order valence-corrected chi connectivity index (χ2v) is 26.3. The lowest BCUT2D eigenvalue weighted by Crippen LogP contribution is -2.62.